The first kappa shape index (κ1) is 18.1. The lowest BCUT2D eigenvalue weighted by molar-refractivity contribution is -0.122. The van der Waals surface area contributed by atoms with E-state index in [9.17, 15) is 19.2 Å². The summed E-state index contributed by atoms with van der Waals surface area (Å²) in [5.74, 6) is -1.34. The van der Waals surface area contributed by atoms with Gasteiger partial charge in [-0.2, -0.15) is 5.01 Å². The minimum Gasteiger partial charge on any atom is -0.494 e. The van der Waals surface area contributed by atoms with Gasteiger partial charge in [0.2, 0.25) is 0 Å². The van der Waals surface area contributed by atoms with Crippen LogP contribution in [0.2, 0.25) is 0 Å². The molecule has 7 heteroatoms. The first-order chi connectivity index (χ1) is 14.5. The van der Waals surface area contributed by atoms with Crippen LogP contribution in [0.4, 0.5) is 5.69 Å². The van der Waals surface area contributed by atoms with Crippen molar-refractivity contribution in [3.63, 3.8) is 0 Å². The van der Waals surface area contributed by atoms with Gasteiger partial charge in [-0.15, -0.1) is 0 Å². The van der Waals surface area contributed by atoms with E-state index in [1.165, 1.54) is 24.3 Å². The molecule has 3 aliphatic rings. The summed E-state index contributed by atoms with van der Waals surface area (Å²) >= 11 is 0. The molecule has 0 atom stereocenters. The fourth-order valence-corrected chi connectivity index (χ4v) is 4.10. The summed E-state index contributed by atoms with van der Waals surface area (Å²) in [5, 5.41) is 1.99. The molecule has 0 saturated carbocycles. The topological polar surface area (TPSA) is 84.0 Å². The molecule has 2 aromatic carbocycles. The molecule has 0 bridgehead atoms. The third-order valence-electron chi connectivity index (χ3n) is 5.49. The molecule has 3 amide bonds. The maximum atomic E-state index is 13.7. The van der Waals surface area contributed by atoms with E-state index in [2.05, 4.69) is 0 Å². The summed E-state index contributed by atoms with van der Waals surface area (Å²) < 4.78 is 5.58. The van der Waals surface area contributed by atoms with Gasteiger partial charge in [0.1, 0.15) is 11.2 Å². The average molecular weight is 400 g/mol. The third kappa shape index (κ3) is 2.26. The van der Waals surface area contributed by atoms with Gasteiger partial charge < -0.3 is 4.74 Å². The van der Waals surface area contributed by atoms with Crippen LogP contribution in [0.1, 0.15) is 33.2 Å². The summed E-state index contributed by atoms with van der Waals surface area (Å²) in [6, 6.07) is 11.5. The predicted molar refractivity (Wildman–Crippen MR) is 107 cm³/mol. The van der Waals surface area contributed by atoms with Gasteiger partial charge in [-0.05, 0) is 49.4 Å². The predicted octanol–water partition coefficient (Wildman–Crippen LogP) is 2.58. The molecule has 0 aromatic heterocycles. The first-order valence-corrected chi connectivity index (χ1v) is 9.50. The maximum absolute atomic E-state index is 13.7. The van der Waals surface area contributed by atoms with Crippen LogP contribution in [0, 0.1) is 0 Å². The van der Waals surface area contributed by atoms with Crippen LogP contribution >= 0.6 is 0 Å². The van der Waals surface area contributed by atoms with Crippen LogP contribution in [0.25, 0.3) is 0 Å². The molecule has 0 fully saturated rings. The number of allylic oxidation sites excluding steroid dienone is 2. The second-order valence-corrected chi connectivity index (χ2v) is 7.13. The van der Waals surface area contributed by atoms with Crippen molar-refractivity contribution in [2.75, 3.05) is 11.6 Å². The molecule has 0 radical (unpaired) electrons. The monoisotopic (exact) mass is 400 g/mol. The number of hydrazine groups is 1. The van der Waals surface area contributed by atoms with Crippen molar-refractivity contribution < 1.29 is 23.9 Å². The summed E-state index contributed by atoms with van der Waals surface area (Å²) in [4.78, 5) is 51.5. The van der Waals surface area contributed by atoms with Gasteiger partial charge in [-0.1, -0.05) is 24.3 Å². The van der Waals surface area contributed by atoms with Gasteiger partial charge in [0.25, 0.3) is 17.7 Å². The number of rotatable bonds is 3. The van der Waals surface area contributed by atoms with Crippen molar-refractivity contribution in [2.24, 2.45) is 0 Å². The van der Waals surface area contributed by atoms with Crippen LogP contribution < -0.4 is 9.75 Å². The molecule has 1 spiro atoms. The van der Waals surface area contributed by atoms with Crippen LogP contribution in [-0.2, 0) is 15.0 Å². The largest absolute Gasteiger partial charge is 0.494 e. The molecule has 2 heterocycles. The Labute approximate surface area is 171 Å². The SMILES string of the molecule is CCOc1ccc2c(c1)C1(C=CC(=O)C=C1)C(=O)N2N1C(=O)c2ccccc2C1=O. The molecule has 7 nitrogen and oxygen atoms in total. The number of carbonyl (C=O) groups excluding carboxylic acids is 4. The first-order valence-electron chi connectivity index (χ1n) is 9.50. The van der Waals surface area contributed by atoms with E-state index in [1.54, 1.807) is 42.5 Å². The number of ether oxygens (including phenoxy) is 1. The number of carbonyl (C=O) groups is 4. The normalized spacial score (nSPS) is 18.4. The van der Waals surface area contributed by atoms with Crippen molar-refractivity contribution in [3.8, 4) is 5.75 Å². The number of ketones is 1. The number of nitrogens with zero attached hydrogens (tertiary/aromatic N) is 2. The lowest BCUT2D eigenvalue weighted by atomic mass is 9.78. The van der Waals surface area contributed by atoms with Crippen molar-refractivity contribution >= 4 is 29.2 Å². The van der Waals surface area contributed by atoms with Crippen LogP contribution in [-0.4, -0.2) is 35.1 Å². The van der Waals surface area contributed by atoms with Crippen molar-refractivity contribution in [3.05, 3.63) is 83.5 Å². The van der Waals surface area contributed by atoms with Crippen LogP contribution in [0.15, 0.2) is 66.8 Å². The Morgan fingerprint density at radius 1 is 0.867 bits per heavy atom. The zero-order valence-electron chi connectivity index (χ0n) is 16.0. The molecule has 2 aliphatic heterocycles. The molecular formula is C23H16N2O5. The Balaban J connectivity index is 1.69. The zero-order valence-corrected chi connectivity index (χ0v) is 16.0. The summed E-state index contributed by atoms with van der Waals surface area (Å²) in [6.45, 7) is 2.28. The van der Waals surface area contributed by atoms with E-state index in [-0.39, 0.29) is 16.9 Å². The van der Waals surface area contributed by atoms with Gasteiger partial charge >= 0.3 is 0 Å². The average Bonchev–Trinajstić information content (AvgIpc) is 3.13. The van der Waals surface area contributed by atoms with Crippen LogP contribution in [0.3, 0.4) is 0 Å². The highest BCUT2D eigenvalue weighted by Gasteiger charge is 2.54. The Morgan fingerprint density at radius 2 is 1.50 bits per heavy atom. The Kier molecular flexibility index (Phi) is 3.76. The number of fused-ring (bicyclic) bond motifs is 3. The van der Waals surface area contributed by atoms with Gasteiger partial charge in [-0.3, -0.25) is 19.2 Å². The molecular weight excluding hydrogens is 384 g/mol. The number of anilines is 1. The fourth-order valence-electron chi connectivity index (χ4n) is 4.10. The minimum atomic E-state index is -1.30. The lowest BCUT2D eigenvalue weighted by Gasteiger charge is -2.28. The summed E-state index contributed by atoms with van der Waals surface area (Å²) in [7, 11) is 0. The number of benzene rings is 2. The number of hydrogen-bond acceptors (Lipinski definition) is 5. The standard InChI is InChI=1S/C23H16N2O5/c1-2-30-15-7-8-19-18(13-15)23(11-9-14(26)10-12-23)22(29)24(19)25-20(27)16-5-3-4-6-17(16)21(25)28/h3-13H,2H2,1H3. The van der Waals surface area contributed by atoms with E-state index in [4.69, 9.17) is 4.74 Å². The highest BCUT2D eigenvalue weighted by molar-refractivity contribution is 6.26. The zero-order chi connectivity index (χ0) is 21.0. The number of amides is 3. The van der Waals surface area contributed by atoms with E-state index in [0.717, 1.165) is 10.0 Å². The van der Waals surface area contributed by atoms with E-state index >= 15 is 0 Å². The van der Waals surface area contributed by atoms with Gasteiger partial charge in [0.05, 0.1) is 23.4 Å². The quantitative estimate of drug-likeness (QED) is 0.740. The molecule has 2 aromatic rings. The smallest absolute Gasteiger partial charge is 0.281 e. The molecule has 0 saturated heterocycles. The highest BCUT2D eigenvalue weighted by Crippen LogP contribution is 2.48. The van der Waals surface area contributed by atoms with E-state index < -0.39 is 23.1 Å². The Morgan fingerprint density at radius 3 is 2.10 bits per heavy atom. The Bertz CT molecular complexity index is 1160. The van der Waals surface area contributed by atoms with Gasteiger partial charge in [0.15, 0.2) is 5.78 Å². The van der Waals surface area contributed by atoms with E-state index in [0.29, 0.717) is 23.6 Å². The maximum Gasteiger partial charge on any atom is 0.281 e. The summed E-state index contributed by atoms with van der Waals surface area (Å²) in [6.07, 6.45) is 5.65. The fraction of sp³-hybridized carbons (Fsp3) is 0.130. The second-order valence-electron chi connectivity index (χ2n) is 7.13. The minimum absolute atomic E-state index is 0.241. The number of imide groups is 1. The van der Waals surface area contributed by atoms with E-state index in [1.807, 2.05) is 6.92 Å². The highest BCUT2D eigenvalue weighted by atomic mass is 16.5. The summed E-state index contributed by atoms with van der Waals surface area (Å²) in [5.41, 5.74) is 0.116. The van der Waals surface area contributed by atoms with Crippen LogP contribution in [0.5, 0.6) is 5.75 Å². The lowest BCUT2D eigenvalue weighted by Crippen LogP contribution is -2.51. The molecule has 30 heavy (non-hydrogen) atoms. The third-order valence-corrected chi connectivity index (χ3v) is 5.49. The molecule has 148 valence electrons. The molecule has 0 unspecified atom stereocenters. The van der Waals surface area contributed by atoms with Crippen molar-refractivity contribution in [1.82, 2.24) is 5.01 Å². The molecule has 1 aliphatic carbocycles. The van der Waals surface area contributed by atoms with Crippen molar-refractivity contribution in [1.29, 1.82) is 0 Å². The van der Waals surface area contributed by atoms with Crippen molar-refractivity contribution in [2.45, 2.75) is 12.3 Å². The molecule has 5 rings (SSSR count). The Hall–Kier alpha value is -4.00. The van der Waals surface area contributed by atoms with Gasteiger partial charge in [-0.25, -0.2) is 5.01 Å². The molecule has 0 N–H and O–H groups in total. The second kappa shape index (κ2) is 6.25. The van der Waals surface area contributed by atoms with Gasteiger partial charge in [0, 0.05) is 5.56 Å². The number of hydrogen-bond donors (Lipinski definition) is 0.